The van der Waals surface area contributed by atoms with Crippen LogP contribution >= 0.6 is 11.6 Å². The zero-order chi connectivity index (χ0) is 19.5. The van der Waals surface area contributed by atoms with Crippen molar-refractivity contribution in [2.45, 2.75) is 25.3 Å². The fraction of sp³-hybridized carbons (Fsp3) is 0.316. The third kappa shape index (κ3) is 3.74. The van der Waals surface area contributed by atoms with E-state index in [-0.39, 0.29) is 11.7 Å². The number of hydrogen-bond acceptors (Lipinski definition) is 6. The second-order valence-corrected chi connectivity index (χ2v) is 7.21. The quantitative estimate of drug-likeness (QED) is 0.479. The first-order valence-electron chi connectivity index (χ1n) is 9.16. The fourth-order valence-electron chi connectivity index (χ4n) is 3.63. The molecule has 0 unspecified atom stereocenters. The molecular formula is C19H19ClN6O2. The van der Waals surface area contributed by atoms with Crippen molar-refractivity contribution in [2.75, 3.05) is 13.1 Å². The molecule has 9 heteroatoms. The summed E-state index contributed by atoms with van der Waals surface area (Å²) in [7, 11) is 0. The Labute approximate surface area is 166 Å². The van der Waals surface area contributed by atoms with Crippen molar-refractivity contribution in [3.8, 4) is 5.69 Å². The molecule has 1 fully saturated rings. The maximum Gasteiger partial charge on any atom is 0.269 e. The van der Waals surface area contributed by atoms with Crippen molar-refractivity contribution in [3.05, 3.63) is 75.1 Å². The summed E-state index contributed by atoms with van der Waals surface area (Å²) in [5.41, 5.74) is 1.76. The third-order valence-corrected chi connectivity index (χ3v) is 5.20. The van der Waals surface area contributed by atoms with Crippen LogP contribution < -0.4 is 0 Å². The monoisotopic (exact) mass is 398 g/mol. The highest BCUT2D eigenvalue weighted by Gasteiger charge is 2.29. The number of hydrogen-bond donors (Lipinski definition) is 0. The Balaban J connectivity index is 1.78. The topological polar surface area (TPSA) is 90.0 Å². The number of likely N-dealkylation sites (tertiary alicyclic amines) is 1. The summed E-state index contributed by atoms with van der Waals surface area (Å²) in [5.74, 6) is 0.665. The Morgan fingerprint density at radius 1 is 1.07 bits per heavy atom. The van der Waals surface area contributed by atoms with Gasteiger partial charge in [-0.25, -0.2) is 0 Å². The third-order valence-electron chi connectivity index (χ3n) is 4.97. The minimum Gasteiger partial charge on any atom is -0.290 e. The Hall–Kier alpha value is -2.84. The molecule has 144 valence electrons. The Kier molecular flexibility index (Phi) is 5.31. The molecule has 28 heavy (non-hydrogen) atoms. The summed E-state index contributed by atoms with van der Waals surface area (Å²) in [5, 5.41) is 24.0. The van der Waals surface area contributed by atoms with Gasteiger partial charge in [-0.05, 0) is 60.1 Å². The number of nitro benzene ring substituents is 1. The van der Waals surface area contributed by atoms with Crippen LogP contribution in [-0.4, -0.2) is 43.1 Å². The summed E-state index contributed by atoms with van der Waals surface area (Å²) >= 11 is 6.15. The predicted molar refractivity (Wildman–Crippen MR) is 105 cm³/mol. The van der Waals surface area contributed by atoms with E-state index in [0.717, 1.165) is 37.2 Å². The first-order valence-corrected chi connectivity index (χ1v) is 9.54. The van der Waals surface area contributed by atoms with E-state index < -0.39 is 4.92 Å². The van der Waals surface area contributed by atoms with Gasteiger partial charge in [-0.15, -0.1) is 5.10 Å². The minimum atomic E-state index is -0.393. The van der Waals surface area contributed by atoms with Gasteiger partial charge < -0.3 is 0 Å². The molecule has 0 radical (unpaired) electrons. The molecule has 2 heterocycles. The summed E-state index contributed by atoms with van der Waals surface area (Å²) in [6.45, 7) is 1.84. The van der Waals surface area contributed by atoms with Crippen LogP contribution in [0.25, 0.3) is 5.69 Å². The van der Waals surface area contributed by atoms with Crippen LogP contribution in [0.1, 0.15) is 36.7 Å². The van der Waals surface area contributed by atoms with E-state index >= 15 is 0 Å². The van der Waals surface area contributed by atoms with Gasteiger partial charge in [0.25, 0.3) is 5.69 Å². The molecule has 0 spiro atoms. The summed E-state index contributed by atoms with van der Waals surface area (Å²) in [6, 6.07) is 13.8. The lowest BCUT2D eigenvalue weighted by Crippen LogP contribution is -2.35. The summed E-state index contributed by atoms with van der Waals surface area (Å²) < 4.78 is 1.69. The number of benzene rings is 2. The van der Waals surface area contributed by atoms with Crippen molar-refractivity contribution in [2.24, 2.45) is 0 Å². The molecule has 8 nitrogen and oxygen atoms in total. The first-order chi connectivity index (χ1) is 13.6. The van der Waals surface area contributed by atoms with E-state index in [9.17, 15) is 10.1 Å². The van der Waals surface area contributed by atoms with E-state index in [1.165, 1.54) is 18.6 Å². The average Bonchev–Trinajstić information content (AvgIpc) is 3.19. The van der Waals surface area contributed by atoms with Gasteiger partial charge in [-0.2, -0.15) is 4.68 Å². The molecule has 1 aliphatic rings. The second-order valence-electron chi connectivity index (χ2n) is 6.78. The largest absolute Gasteiger partial charge is 0.290 e. The average molecular weight is 399 g/mol. The number of aromatic nitrogens is 4. The first kappa shape index (κ1) is 18.5. The van der Waals surface area contributed by atoms with Crippen LogP contribution in [0.15, 0.2) is 48.5 Å². The van der Waals surface area contributed by atoms with Crippen LogP contribution in [0.5, 0.6) is 0 Å². The lowest BCUT2D eigenvalue weighted by atomic mass is 10.0. The lowest BCUT2D eigenvalue weighted by molar-refractivity contribution is -0.384. The van der Waals surface area contributed by atoms with Crippen LogP contribution in [0.4, 0.5) is 5.69 Å². The van der Waals surface area contributed by atoms with Crippen LogP contribution in [0.2, 0.25) is 5.02 Å². The molecule has 1 aromatic heterocycles. The molecule has 1 saturated heterocycles. The van der Waals surface area contributed by atoms with Gasteiger partial charge in [-0.3, -0.25) is 15.0 Å². The zero-order valence-electron chi connectivity index (χ0n) is 15.1. The van der Waals surface area contributed by atoms with Crippen molar-refractivity contribution in [3.63, 3.8) is 0 Å². The second kappa shape index (κ2) is 8.04. The van der Waals surface area contributed by atoms with Crippen molar-refractivity contribution < 1.29 is 4.92 Å². The molecule has 0 amide bonds. The number of rotatable bonds is 5. The SMILES string of the molecule is O=[N+]([O-])c1ccc([C@@H](c2nnnn2-c2cccc(Cl)c2)N2CCCCC2)cc1. The number of tetrazole rings is 1. The summed E-state index contributed by atoms with van der Waals surface area (Å²) in [4.78, 5) is 13.0. The number of halogens is 1. The highest BCUT2D eigenvalue weighted by Crippen LogP contribution is 2.32. The van der Waals surface area contributed by atoms with Gasteiger partial charge in [0, 0.05) is 17.2 Å². The van der Waals surface area contributed by atoms with Crippen LogP contribution in [-0.2, 0) is 0 Å². The minimum absolute atomic E-state index is 0.0653. The smallest absolute Gasteiger partial charge is 0.269 e. The summed E-state index contributed by atoms with van der Waals surface area (Å²) in [6.07, 6.45) is 3.40. The molecular weight excluding hydrogens is 380 g/mol. The molecule has 4 rings (SSSR count). The van der Waals surface area contributed by atoms with Crippen molar-refractivity contribution in [1.82, 2.24) is 25.1 Å². The number of nitrogens with zero attached hydrogens (tertiary/aromatic N) is 6. The Morgan fingerprint density at radius 3 is 2.50 bits per heavy atom. The van der Waals surface area contributed by atoms with Crippen LogP contribution in [0, 0.1) is 10.1 Å². The van der Waals surface area contributed by atoms with Crippen LogP contribution in [0.3, 0.4) is 0 Å². The number of piperidine rings is 1. The lowest BCUT2D eigenvalue weighted by Gasteiger charge is -2.34. The van der Waals surface area contributed by atoms with E-state index in [1.54, 1.807) is 22.9 Å². The van der Waals surface area contributed by atoms with Gasteiger partial charge in [0.1, 0.15) is 0 Å². The number of non-ortho nitro benzene ring substituents is 1. The van der Waals surface area contributed by atoms with Gasteiger partial charge in [0.05, 0.1) is 16.7 Å². The standard InChI is InChI=1S/C19H19ClN6O2/c20-15-5-4-6-17(13-15)25-19(21-22-23-25)18(24-11-2-1-3-12-24)14-7-9-16(10-8-14)26(27)28/h4-10,13,18H,1-3,11-12H2/t18-/m0/s1. The van der Waals surface area contributed by atoms with E-state index in [2.05, 4.69) is 20.4 Å². The van der Waals surface area contributed by atoms with Crippen molar-refractivity contribution in [1.29, 1.82) is 0 Å². The molecule has 0 bridgehead atoms. The van der Waals surface area contributed by atoms with E-state index in [0.29, 0.717) is 10.8 Å². The molecule has 0 aliphatic carbocycles. The normalized spacial score (nSPS) is 16.0. The van der Waals surface area contributed by atoms with Gasteiger partial charge in [-0.1, -0.05) is 36.2 Å². The molecule has 2 aromatic carbocycles. The zero-order valence-corrected chi connectivity index (χ0v) is 15.9. The predicted octanol–water partition coefficient (Wildman–Crippen LogP) is 3.80. The molecule has 1 aliphatic heterocycles. The van der Waals surface area contributed by atoms with Gasteiger partial charge in [0.15, 0.2) is 5.82 Å². The molecule has 3 aromatic rings. The molecule has 1 atom stereocenters. The van der Waals surface area contributed by atoms with Gasteiger partial charge >= 0.3 is 0 Å². The highest BCUT2D eigenvalue weighted by atomic mass is 35.5. The van der Waals surface area contributed by atoms with E-state index in [4.69, 9.17) is 11.6 Å². The Bertz CT molecular complexity index is 969. The molecule has 0 saturated carbocycles. The maximum atomic E-state index is 11.0. The fourth-order valence-corrected chi connectivity index (χ4v) is 3.82. The number of nitro groups is 1. The molecule has 0 N–H and O–H groups in total. The van der Waals surface area contributed by atoms with Gasteiger partial charge in [0.2, 0.25) is 0 Å². The Morgan fingerprint density at radius 2 is 1.82 bits per heavy atom. The maximum absolute atomic E-state index is 11.0. The van der Waals surface area contributed by atoms with E-state index in [1.807, 2.05) is 18.2 Å². The van der Waals surface area contributed by atoms with Crippen molar-refractivity contribution >= 4 is 17.3 Å². The highest BCUT2D eigenvalue weighted by molar-refractivity contribution is 6.30.